The molecular formula is C16H13NOS. The molecule has 3 heteroatoms. The average Bonchev–Trinajstić information content (AvgIpc) is 3.10. The fraction of sp³-hybridized carbons (Fsp3) is 0.0625. The number of rotatable bonds is 4. The van der Waals surface area contributed by atoms with Gasteiger partial charge in [-0.25, -0.2) is 0 Å². The number of carbonyl (C=O) groups is 1. The molecule has 0 unspecified atom stereocenters. The van der Waals surface area contributed by atoms with Crippen molar-refractivity contribution in [3.63, 3.8) is 0 Å². The molecule has 94 valence electrons. The molecule has 3 aromatic rings. The summed E-state index contributed by atoms with van der Waals surface area (Å²) in [5, 5.41) is 1.93. The van der Waals surface area contributed by atoms with Crippen molar-refractivity contribution in [1.29, 1.82) is 0 Å². The standard InChI is InChI=1S/C16H13NOS/c18-16(15-9-5-11-19-15)14-8-4-10-17(14)12-13-6-2-1-3-7-13/h1-11H,12H2. The van der Waals surface area contributed by atoms with Crippen LogP contribution in [0.2, 0.25) is 0 Å². The number of hydrogen-bond donors (Lipinski definition) is 0. The normalized spacial score (nSPS) is 10.5. The zero-order valence-electron chi connectivity index (χ0n) is 10.3. The lowest BCUT2D eigenvalue weighted by Crippen LogP contribution is -2.09. The summed E-state index contributed by atoms with van der Waals surface area (Å²) in [5.41, 5.74) is 1.94. The summed E-state index contributed by atoms with van der Waals surface area (Å²) in [5.74, 6) is 0.0935. The highest BCUT2D eigenvalue weighted by molar-refractivity contribution is 7.12. The van der Waals surface area contributed by atoms with Crippen LogP contribution in [-0.2, 0) is 6.54 Å². The van der Waals surface area contributed by atoms with Gasteiger partial charge in [0, 0.05) is 12.7 Å². The molecule has 0 aliphatic rings. The summed E-state index contributed by atoms with van der Waals surface area (Å²) >= 11 is 1.48. The van der Waals surface area contributed by atoms with E-state index in [9.17, 15) is 4.79 Å². The Kier molecular flexibility index (Phi) is 3.29. The molecule has 2 nitrogen and oxygen atoms in total. The van der Waals surface area contributed by atoms with Crippen LogP contribution in [0.3, 0.4) is 0 Å². The quantitative estimate of drug-likeness (QED) is 0.658. The first-order valence-electron chi connectivity index (χ1n) is 6.12. The molecule has 0 saturated heterocycles. The highest BCUT2D eigenvalue weighted by atomic mass is 32.1. The molecule has 2 heterocycles. The van der Waals surface area contributed by atoms with Crippen LogP contribution >= 0.6 is 11.3 Å². The zero-order chi connectivity index (χ0) is 13.1. The molecule has 0 radical (unpaired) electrons. The lowest BCUT2D eigenvalue weighted by atomic mass is 10.2. The van der Waals surface area contributed by atoms with E-state index in [4.69, 9.17) is 0 Å². The van der Waals surface area contributed by atoms with Gasteiger partial charge in [-0.3, -0.25) is 4.79 Å². The maximum Gasteiger partial charge on any atom is 0.219 e. The fourth-order valence-corrected chi connectivity index (χ4v) is 2.74. The second kappa shape index (κ2) is 5.24. The number of thiophene rings is 1. The van der Waals surface area contributed by atoms with E-state index in [0.29, 0.717) is 0 Å². The molecule has 0 aliphatic carbocycles. The molecule has 0 N–H and O–H groups in total. The minimum atomic E-state index is 0.0935. The lowest BCUT2D eigenvalue weighted by Gasteiger charge is -2.07. The summed E-state index contributed by atoms with van der Waals surface area (Å²) in [4.78, 5) is 13.2. The van der Waals surface area contributed by atoms with Gasteiger partial charge in [-0.05, 0) is 29.1 Å². The molecule has 0 saturated carbocycles. The first-order valence-corrected chi connectivity index (χ1v) is 7.00. The summed E-state index contributed by atoms with van der Waals surface area (Å²) in [6.07, 6.45) is 1.95. The number of aromatic nitrogens is 1. The van der Waals surface area contributed by atoms with E-state index in [1.165, 1.54) is 16.9 Å². The topological polar surface area (TPSA) is 22.0 Å². The van der Waals surface area contributed by atoms with Crippen LogP contribution in [0.4, 0.5) is 0 Å². The maximum absolute atomic E-state index is 12.4. The molecule has 0 spiro atoms. The van der Waals surface area contributed by atoms with Gasteiger partial charge in [0.2, 0.25) is 5.78 Å². The third-order valence-electron chi connectivity index (χ3n) is 3.00. The van der Waals surface area contributed by atoms with Crippen LogP contribution in [0, 0.1) is 0 Å². The van der Waals surface area contributed by atoms with E-state index in [1.807, 2.05) is 58.6 Å². The van der Waals surface area contributed by atoms with Gasteiger partial charge in [-0.1, -0.05) is 36.4 Å². The Morgan fingerprint density at radius 2 is 1.84 bits per heavy atom. The third kappa shape index (κ3) is 2.51. The second-order valence-electron chi connectivity index (χ2n) is 4.31. The molecule has 3 rings (SSSR count). The summed E-state index contributed by atoms with van der Waals surface area (Å²) in [6, 6.07) is 17.7. The number of nitrogens with zero attached hydrogens (tertiary/aromatic N) is 1. The molecular weight excluding hydrogens is 254 g/mol. The van der Waals surface area contributed by atoms with E-state index < -0.39 is 0 Å². The minimum Gasteiger partial charge on any atom is -0.340 e. The van der Waals surface area contributed by atoms with Gasteiger partial charge in [0.25, 0.3) is 0 Å². The summed E-state index contributed by atoms with van der Waals surface area (Å²) in [7, 11) is 0. The van der Waals surface area contributed by atoms with E-state index in [1.54, 1.807) is 0 Å². The molecule has 1 aromatic carbocycles. The monoisotopic (exact) mass is 267 g/mol. The van der Waals surface area contributed by atoms with Crippen molar-refractivity contribution in [2.45, 2.75) is 6.54 Å². The Balaban J connectivity index is 1.89. The van der Waals surface area contributed by atoms with E-state index in [2.05, 4.69) is 12.1 Å². The van der Waals surface area contributed by atoms with E-state index in [0.717, 1.165) is 17.1 Å². The van der Waals surface area contributed by atoms with Gasteiger partial charge in [0.05, 0.1) is 10.6 Å². The number of ketones is 1. The van der Waals surface area contributed by atoms with Crippen LogP contribution in [-0.4, -0.2) is 10.4 Å². The van der Waals surface area contributed by atoms with Crippen molar-refractivity contribution in [3.05, 3.63) is 82.3 Å². The highest BCUT2D eigenvalue weighted by Crippen LogP contribution is 2.16. The van der Waals surface area contributed by atoms with Crippen LogP contribution < -0.4 is 0 Å². The van der Waals surface area contributed by atoms with Crippen molar-refractivity contribution in [1.82, 2.24) is 4.57 Å². The van der Waals surface area contributed by atoms with Gasteiger partial charge >= 0.3 is 0 Å². The van der Waals surface area contributed by atoms with Crippen molar-refractivity contribution in [2.75, 3.05) is 0 Å². The smallest absolute Gasteiger partial charge is 0.219 e. The molecule has 0 bridgehead atoms. The largest absolute Gasteiger partial charge is 0.340 e. The van der Waals surface area contributed by atoms with Gasteiger partial charge in [-0.15, -0.1) is 11.3 Å². The second-order valence-corrected chi connectivity index (χ2v) is 5.26. The maximum atomic E-state index is 12.4. The number of benzene rings is 1. The third-order valence-corrected chi connectivity index (χ3v) is 3.87. The number of carbonyl (C=O) groups excluding carboxylic acids is 1. The van der Waals surface area contributed by atoms with Crippen LogP contribution in [0.5, 0.6) is 0 Å². The molecule has 2 aromatic heterocycles. The fourth-order valence-electron chi connectivity index (χ4n) is 2.07. The predicted molar refractivity (Wildman–Crippen MR) is 77.7 cm³/mol. The average molecular weight is 267 g/mol. The molecule has 0 fully saturated rings. The minimum absolute atomic E-state index is 0.0935. The Bertz CT molecular complexity index is 668. The summed E-state index contributed by atoms with van der Waals surface area (Å²) in [6.45, 7) is 0.723. The Hall–Kier alpha value is -2.13. The van der Waals surface area contributed by atoms with E-state index in [-0.39, 0.29) is 5.78 Å². The van der Waals surface area contributed by atoms with Gasteiger partial charge in [0.1, 0.15) is 0 Å². The van der Waals surface area contributed by atoms with Crippen molar-refractivity contribution in [2.24, 2.45) is 0 Å². The molecule has 0 amide bonds. The van der Waals surface area contributed by atoms with Gasteiger partial charge < -0.3 is 4.57 Å². The Morgan fingerprint density at radius 1 is 1.00 bits per heavy atom. The SMILES string of the molecule is O=C(c1cccs1)c1cccn1Cc1ccccc1. The first kappa shape index (κ1) is 11.9. The Labute approximate surface area is 115 Å². The lowest BCUT2D eigenvalue weighted by molar-refractivity contribution is 0.103. The zero-order valence-corrected chi connectivity index (χ0v) is 11.1. The van der Waals surface area contributed by atoms with Crippen molar-refractivity contribution < 1.29 is 4.79 Å². The molecule has 19 heavy (non-hydrogen) atoms. The van der Waals surface area contributed by atoms with Crippen molar-refractivity contribution >= 4 is 17.1 Å². The molecule has 0 aliphatic heterocycles. The van der Waals surface area contributed by atoms with Gasteiger partial charge in [-0.2, -0.15) is 0 Å². The van der Waals surface area contributed by atoms with Crippen LogP contribution in [0.25, 0.3) is 0 Å². The Morgan fingerprint density at radius 3 is 2.58 bits per heavy atom. The van der Waals surface area contributed by atoms with Crippen LogP contribution in [0.15, 0.2) is 66.2 Å². The van der Waals surface area contributed by atoms with Crippen molar-refractivity contribution in [3.8, 4) is 0 Å². The molecule has 0 atom stereocenters. The predicted octanol–water partition coefficient (Wildman–Crippen LogP) is 3.83. The number of hydrogen-bond acceptors (Lipinski definition) is 2. The summed E-state index contributed by atoms with van der Waals surface area (Å²) < 4.78 is 2.00. The highest BCUT2D eigenvalue weighted by Gasteiger charge is 2.14. The van der Waals surface area contributed by atoms with Crippen LogP contribution in [0.1, 0.15) is 20.9 Å². The van der Waals surface area contributed by atoms with E-state index >= 15 is 0 Å². The first-order chi connectivity index (χ1) is 9.34. The van der Waals surface area contributed by atoms with Gasteiger partial charge in [0.15, 0.2) is 0 Å².